The maximum Gasteiger partial charge on any atom is 0.141 e. The second-order valence-corrected chi connectivity index (χ2v) is 14.2. The molecule has 3 aliphatic carbocycles. The number of aliphatic hydroxyl groups is 1. The minimum atomic E-state index is -0.516. The Hall–Kier alpha value is -2.48. The summed E-state index contributed by atoms with van der Waals surface area (Å²) in [4.78, 5) is 35.6. The fourth-order valence-corrected chi connectivity index (χ4v) is 9.02. The van der Waals surface area contributed by atoms with Gasteiger partial charge < -0.3 is 5.11 Å². The monoisotopic (exact) mass is 566 g/mol. The van der Waals surface area contributed by atoms with E-state index in [1.165, 1.54) is 44.2 Å². The number of nitrogens with one attached hydrogen (secondary N) is 1. The van der Waals surface area contributed by atoms with Gasteiger partial charge >= 0.3 is 0 Å². The molecule has 226 valence electrons. The van der Waals surface area contributed by atoms with Crippen LogP contribution in [-0.4, -0.2) is 23.2 Å². The first-order chi connectivity index (χ1) is 19.5. The van der Waals surface area contributed by atoms with Gasteiger partial charge in [0.25, 0.3) is 0 Å². The van der Waals surface area contributed by atoms with Crippen molar-refractivity contribution in [1.29, 1.82) is 0 Å². The predicted octanol–water partition coefficient (Wildman–Crippen LogP) is 8.91. The van der Waals surface area contributed by atoms with Gasteiger partial charge in [0.2, 0.25) is 0 Å². The Kier molecular flexibility index (Phi) is 10.1. The Morgan fingerprint density at radius 2 is 1.80 bits per heavy atom. The molecular weight excluding hydrogens is 516 g/mol. The molecule has 2 N–H and O–H groups in total. The van der Waals surface area contributed by atoms with Crippen LogP contribution < -0.4 is 5.43 Å². The van der Waals surface area contributed by atoms with Crippen LogP contribution >= 0.6 is 0 Å². The highest BCUT2D eigenvalue weighted by molar-refractivity contribution is 5.86. The van der Waals surface area contributed by atoms with Crippen molar-refractivity contribution < 1.29 is 9.90 Å². The molecule has 8 atom stereocenters. The van der Waals surface area contributed by atoms with E-state index in [-0.39, 0.29) is 34.9 Å². The van der Waals surface area contributed by atoms with E-state index in [2.05, 4.69) is 55.5 Å². The van der Waals surface area contributed by atoms with Crippen LogP contribution in [0.25, 0.3) is 0 Å². The molecule has 3 unspecified atom stereocenters. The number of ketones is 1. The summed E-state index contributed by atoms with van der Waals surface area (Å²) in [6, 6.07) is 4.44. The SMILES string of the molecule is CC(C)CCC[C@@H](C)[C@H]1CCC2C(C/C=N/Nc3ccc(N=O)cc3N=O)C([C@@]3(C)CC[C@H](O)CC3=O)CC[C@@]21C. The number of aliphatic hydroxyl groups excluding tert-OH is 1. The fraction of sp³-hybridized carbons (Fsp3) is 0.758. The summed E-state index contributed by atoms with van der Waals surface area (Å²) in [7, 11) is 0. The van der Waals surface area contributed by atoms with E-state index in [0.717, 1.165) is 31.6 Å². The number of hydrogen-bond donors (Lipinski definition) is 2. The molecule has 0 saturated heterocycles. The smallest absolute Gasteiger partial charge is 0.141 e. The number of rotatable bonds is 12. The van der Waals surface area contributed by atoms with Gasteiger partial charge in [-0.05, 0) is 114 Å². The third-order valence-corrected chi connectivity index (χ3v) is 11.4. The topological polar surface area (TPSA) is 121 Å². The number of hydrazone groups is 1. The number of nitrogens with zero attached hydrogens (tertiary/aromatic N) is 3. The zero-order chi connectivity index (χ0) is 29.8. The Labute approximate surface area is 245 Å². The molecule has 8 nitrogen and oxygen atoms in total. The van der Waals surface area contributed by atoms with Crippen LogP contribution in [0.15, 0.2) is 33.7 Å². The number of anilines is 1. The van der Waals surface area contributed by atoms with Crippen LogP contribution in [0, 0.1) is 56.2 Å². The maximum atomic E-state index is 13.5. The summed E-state index contributed by atoms with van der Waals surface area (Å²) >= 11 is 0. The minimum absolute atomic E-state index is 0.0892. The lowest BCUT2D eigenvalue weighted by atomic mass is 9.49. The van der Waals surface area contributed by atoms with Crippen LogP contribution in [0.5, 0.6) is 0 Å². The summed E-state index contributed by atoms with van der Waals surface area (Å²) in [6.45, 7) is 11.7. The van der Waals surface area contributed by atoms with E-state index in [0.29, 0.717) is 35.8 Å². The Bertz CT molecular complexity index is 1120. The zero-order valence-corrected chi connectivity index (χ0v) is 25.6. The minimum Gasteiger partial charge on any atom is -0.393 e. The van der Waals surface area contributed by atoms with Crippen molar-refractivity contribution in [2.75, 3.05) is 5.43 Å². The molecule has 0 aromatic heterocycles. The molecular formula is C33H50N4O4. The number of hydrogen-bond acceptors (Lipinski definition) is 8. The van der Waals surface area contributed by atoms with Crippen molar-refractivity contribution in [2.24, 2.45) is 61.8 Å². The maximum absolute atomic E-state index is 13.5. The van der Waals surface area contributed by atoms with Gasteiger partial charge in [-0.1, -0.05) is 53.9 Å². The summed E-state index contributed by atoms with van der Waals surface area (Å²) < 4.78 is 0. The largest absolute Gasteiger partial charge is 0.393 e. The molecule has 1 aromatic rings. The van der Waals surface area contributed by atoms with Crippen LogP contribution in [0.4, 0.5) is 17.1 Å². The van der Waals surface area contributed by atoms with Crippen LogP contribution in [-0.2, 0) is 4.79 Å². The van der Waals surface area contributed by atoms with E-state index in [4.69, 9.17) is 0 Å². The third-order valence-electron chi connectivity index (χ3n) is 11.4. The van der Waals surface area contributed by atoms with E-state index >= 15 is 0 Å². The Morgan fingerprint density at radius 1 is 1.02 bits per heavy atom. The average molecular weight is 567 g/mol. The summed E-state index contributed by atoms with van der Waals surface area (Å²) in [5, 5.41) is 20.6. The summed E-state index contributed by atoms with van der Waals surface area (Å²) in [5.74, 6) is 3.44. The van der Waals surface area contributed by atoms with Gasteiger partial charge in [-0.3, -0.25) is 10.2 Å². The van der Waals surface area contributed by atoms with Gasteiger partial charge in [-0.25, -0.2) is 0 Å². The first kappa shape index (κ1) is 31.5. The lowest BCUT2D eigenvalue weighted by Crippen LogP contribution is -2.51. The highest BCUT2D eigenvalue weighted by atomic mass is 16.3. The molecule has 8 heteroatoms. The van der Waals surface area contributed by atoms with Crippen LogP contribution in [0.3, 0.4) is 0 Å². The van der Waals surface area contributed by atoms with Crippen molar-refractivity contribution >= 4 is 29.1 Å². The summed E-state index contributed by atoms with van der Waals surface area (Å²) in [6.07, 6.45) is 12.3. The molecule has 0 heterocycles. The lowest BCUT2D eigenvalue weighted by Gasteiger charge is -2.55. The first-order valence-electron chi connectivity index (χ1n) is 15.8. The normalized spacial score (nSPS) is 34.5. The van der Waals surface area contributed by atoms with E-state index in [1.807, 2.05) is 6.21 Å². The zero-order valence-electron chi connectivity index (χ0n) is 25.6. The highest BCUT2D eigenvalue weighted by Crippen LogP contribution is 2.64. The van der Waals surface area contributed by atoms with Gasteiger partial charge in [0, 0.05) is 18.1 Å². The average Bonchev–Trinajstić information content (AvgIpc) is 3.30. The summed E-state index contributed by atoms with van der Waals surface area (Å²) in [5.41, 5.74) is 3.42. The van der Waals surface area contributed by atoms with Crippen molar-refractivity contribution in [1.82, 2.24) is 0 Å². The molecule has 0 amide bonds. The molecule has 1 aromatic carbocycles. The molecule has 0 spiro atoms. The van der Waals surface area contributed by atoms with Gasteiger partial charge in [0.1, 0.15) is 17.2 Å². The number of carbonyl (C=O) groups excluding carboxylic acids is 1. The molecule has 4 rings (SSSR count). The van der Waals surface area contributed by atoms with Crippen molar-refractivity contribution in [3.63, 3.8) is 0 Å². The van der Waals surface area contributed by atoms with Crippen molar-refractivity contribution in [3.05, 3.63) is 28.0 Å². The second kappa shape index (κ2) is 13.2. The van der Waals surface area contributed by atoms with Crippen LogP contribution in [0.2, 0.25) is 0 Å². The van der Waals surface area contributed by atoms with Crippen molar-refractivity contribution in [2.45, 2.75) is 111 Å². The molecule has 3 aliphatic rings. The number of carbonyl (C=O) groups is 1. The molecule has 3 saturated carbocycles. The molecule has 0 aliphatic heterocycles. The van der Waals surface area contributed by atoms with Crippen LogP contribution in [0.1, 0.15) is 105 Å². The molecule has 41 heavy (non-hydrogen) atoms. The third kappa shape index (κ3) is 6.63. The predicted molar refractivity (Wildman–Crippen MR) is 165 cm³/mol. The van der Waals surface area contributed by atoms with Gasteiger partial charge in [0.05, 0.1) is 11.8 Å². The molecule has 0 bridgehead atoms. The van der Waals surface area contributed by atoms with E-state index in [1.54, 1.807) is 6.07 Å². The Balaban J connectivity index is 1.55. The first-order valence-corrected chi connectivity index (χ1v) is 15.8. The lowest BCUT2D eigenvalue weighted by molar-refractivity contribution is -0.144. The highest BCUT2D eigenvalue weighted by Gasteiger charge is 2.58. The molecule has 3 fully saturated rings. The number of fused-ring (bicyclic) bond motifs is 1. The number of benzene rings is 1. The molecule has 0 radical (unpaired) electrons. The van der Waals surface area contributed by atoms with Gasteiger partial charge in [0.15, 0.2) is 0 Å². The Morgan fingerprint density at radius 3 is 2.49 bits per heavy atom. The number of nitroso groups, excluding NO2 is 2. The second-order valence-electron chi connectivity index (χ2n) is 14.2. The quantitative estimate of drug-likeness (QED) is 0.149. The van der Waals surface area contributed by atoms with Gasteiger partial charge in [-0.2, -0.15) is 5.10 Å². The van der Waals surface area contributed by atoms with E-state index < -0.39 is 11.5 Å². The standard InChI is InChI=1S/C33H50N4O4/c1-21(2)7-6-8-22(3)26-10-11-27-25(15-18-34-35-29-12-9-23(36-40)19-30(29)37-41)28(14-17-32(26,27)4)33(5)16-13-24(38)20-31(33)39/h9,12,18-19,21-22,24-28,35,38H,6-8,10-11,13-17,20H2,1-5H3/b34-18+/t22-,24+,25?,26-,27?,28?,32-,33-/m1/s1. The fourth-order valence-electron chi connectivity index (χ4n) is 9.02. The van der Waals surface area contributed by atoms with Crippen molar-refractivity contribution in [3.8, 4) is 0 Å². The van der Waals surface area contributed by atoms with Gasteiger partial charge in [-0.15, -0.1) is 9.81 Å². The number of Topliss-reactive ketones (excluding diaryl/α,β-unsaturated/α-hetero) is 1. The van der Waals surface area contributed by atoms with E-state index in [9.17, 15) is 19.7 Å².